The summed E-state index contributed by atoms with van der Waals surface area (Å²) < 4.78 is 41.6. The lowest BCUT2D eigenvalue weighted by atomic mass is 10.1. The number of rotatable bonds is 6. The molecule has 12 heteroatoms. The molecule has 0 saturated carbocycles. The summed E-state index contributed by atoms with van der Waals surface area (Å²) in [6.45, 7) is 2.85. The number of halogens is 3. The van der Waals surface area contributed by atoms with Crippen LogP contribution in [-0.2, 0) is 11.3 Å². The number of nitro groups is 1. The van der Waals surface area contributed by atoms with Gasteiger partial charge < -0.3 is 19.9 Å². The summed E-state index contributed by atoms with van der Waals surface area (Å²) in [5.74, 6) is -1.21. The van der Waals surface area contributed by atoms with Crippen molar-refractivity contribution in [3.05, 3.63) is 63.7 Å². The van der Waals surface area contributed by atoms with Crippen molar-refractivity contribution >= 4 is 23.2 Å². The van der Waals surface area contributed by atoms with Crippen LogP contribution in [0.2, 0.25) is 0 Å². The molecule has 2 aromatic rings. The molecule has 1 aliphatic rings. The fourth-order valence-corrected chi connectivity index (χ4v) is 3.49. The van der Waals surface area contributed by atoms with Crippen LogP contribution in [0.25, 0.3) is 0 Å². The van der Waals surface area contributed by atoms with Gasteiger partial charge in [-0.1, -0.05) is 18.2 Å². The molecule has 0 spiro atoms. The minimum atomic E-state index is -4.88. The van der Waals surface area contributed by atoms with Gasteiger partial charge in [0.2, 0.25) is 5.91 Å². The second kappa shape index (κ2) is 9.76. The van der Waals surface area contributed by atoms with E-state index in [-0.39, 0.29) is 29.3 Å². The second-order valence-corrected chi connectivity index (χ2v) is 7.29. The number of alkyl halides is 3. The first-order valence-corrected chi connectivity index (χ1v) is 9.96. The summed E-state index contributed by atoms with van der Waals surface area (Å²) in [5.41, 5.74) is 0.128. The number of piperazine rings is 1. The van der Waals surface area contributed by atoms with Gasteiger partial charge in [-0.25, -0.2) is 0 Å². The molecule has 9 nitrogen and oxygen atoms in total. The van der Waals surface area contributed by atoms with E-state index in [4.69, 9.17) is 0 Å². The second-order valence-electron chi connectivity index (χ2n) is 7.29. The normalized spacial score (nSPS) is 14.1. The first kappa shape index (κ1) is 23.8. The number of nitro benzene ring substituents is 1. The fourth-order valence-electron chi connectivity index (χ4n) is 3.49. The lowest BCUT2D eigenvalue weighted by molar-refractivity contribution is -0.384. The highest BCUT2D eigenvalue weighted by Crippen LogP contribution is 2.30. The third kappa shape index (κ3) is 6.11. The maximum atomic E-state index is 12.6. The van der Waals surface area contributed by atoms with Crippen molar-refractivity contribution in [1.82, 2.24) is 10.2 Å². The Kier molecular flexibility index (Phi) is 7.04. The summed E-state index contributed by atoms with van der Waals surface area (Å²) in [6, 6.07) is 9.35. The predicted octanol–water partition coefficient (Wildman–Crippen LogP) is 3.09. The highest BCUT2D eigenvalue weighted by atomic mass is 19.4. The molecule has 0 unspecified atom stereocenters. The third-order valence-corrected chi connectivity index (χ3v) is 5.14. The van der Waals surface area contributed by atoms with Crippen molar-refractivity contribution in [1.29, 1.82) is 0 Å². The number of hydrogen-bond donors (Lipinski definition) is 1. The quantitative estimate of drug-likeness (QED) is 0.518. The van der Waals surface area contributed by atoms with Gasteiger partial charge in [0.05, 0.1) is 4.92 Å². The number of nitrogens with one attached hydrogen (secondary N) is 1. The van der Waals surface area contributed by atoms with Crippen LogP contribution in [0.4, 0.5) is 24.5 Å². The number of benzene rings is 2. The first-order chi connectivity index (χ1) is 15.5. The van der Waals surface area contributed by atoms with Gasteiger partial charge in [0, 0.05) is 56.8 Å². The molecule has 1 heterocycles. The number of anilines is 1. The lowest BCUT2D eigenvalue weighted by Gasteiger charge is -2.35. The number of carbonyl (C=O) groups is 2. The van der Waals surface area contributed by atoms with E-state index in [2.05, 4.69) is 10.1 Å². The van der Waals surface area contributed by atoms with E-state index < -0.39 is 22.9 Å². The summed E-state index contributed by atoms with van der Waals surface area (Å²) in [5, 5.41) is 14.1. The number of para-hydroxylation sites is 1. The molecule has 2 aromatic carbocycles. The zero-order valence-electron chi connectivity index (χ0n) is 17.6. The zero-order valence-corrected chi connectivity index (χ0v) is 17.6. The summed E-state index contributed by atoms with van der Waals surface area (Å²) in [7, 11) is 0. The highest BCUT2D eigenvalue weighted by Gasteiger charge is 2.32. The molecule has 0 aromatic heterocycles. The van der Waals surface area contributed by atoms with E-state index >= 15 is 0 Å². The van der Waals surface area contributed by atoms with Gasteiger partial charge >= 0.3 is 6.36 Å². The average molecular weight is 466 g/mol. The smallest absolute Gasteiger partial charge is 0.405 e. The molecule has 1 aliphatic heterocycles. The predicted molar refractivity (Wildman–Crippen MR) is 112 cm³/mol. The van der Waals surface area contributed by atoms with E-state index in [0.29, 0.717) is 31.9 Å². The lowest BCUT2D eigenvalue weighted by Crippen LogP contribution is -2.48. The third-order valence-electron chi connectivity index (χ3n) is 5.14. The average Bonchev–Trinajstić information content (AvgIpc) is 2.77. The van der Waals surface area contributed by atoms with E-state index in [0.717, 1.165) is 12.1 Å². The highest BCUT2D eigenvalue weighted by molar-refractivity contribution is 5.95. The van der Waals surface area contributed by atoms with Crippen molar-refractivity contribution < 1.29 is 32.4 Å². The molecule has 1 N–H and O–H groups in total. The Morgan fingerprint density at radius 2 is 1.79 bits per heavy atom. The minimum Gasteiger partial charge on any atom is -0.405 e. The molecule has 1 saturated heterocycles. The van der Waals surface area contributed by atoms with Crippen LogP contribution < -0.4 is 15.0 Å². The Morgan fingerprint density at radius 3 is 2.39 bits per heavy atom. The number of amides is 2. The van der Waals surface area contributed by atoms with E-state index in [9.17, 15) is 32.9 Å². The van der Waals surface area contributed by atoms with Gasteiger partial charge in [-0.2, -0.15) is 0 Å². The van der Waals surface area contributed by atoms with Crippen molar-refractivity contribution in [2.24, 2.45) is 0 Å². The van der Waals surface area contributed by atoms with E-state index in [1.807, 2.05) is 0 Å². The monoisotopic (exact) mass is 466 g/mol. The standard InChI is InChI=1S/C21H21F3N4O5/c1-14(29)26-8-10-27(11-9-26)17-7-6-15(12-18(17)28(31)32)20(30)25-13-16-4-2-3-5-19(16)33-21(22,23)24/h2-7,12H,8-11,13H2,1H3,(H,25,30). The fraction of sp³-hybridized carbons (Fsp3) is 0.333. The van der Waals surface area contributed by atoms with Crippen LogP contribution in [0, 0.1) is 10.1 Å². The Hall–Kier alpha value is -3.83. The summed E-state index contributed by atoms with van der Waals surface area (Å²) >= 11 is 0. The van der Waals surface area contributed by atoms with Crippen LogP contribution >= 0.6 is 0 Å². The van der Waals surface area contributed by atoms with Crippen LogP contribution in [0.3, 0.4) is 0 Å². The molecule has 1 fully saturated rings. The van der Waals surface area contributed by atoms with Crippen molar-refractivity contribution in [2.45, 2.75) is 19.8 Å². The largest absolute Gasteiger partial charge is 0.573 e. The molecule has 0 atom stereocenters. The van der Waals surface area contributed by atoms with Gasteiger partial charge in [0.1, 0.15) is 11.4 Å². The number of nitrogens with zero attached hydrogens (tertiary/aromatic N) is 3. The van der Waals surface area contributed by atoms with Gasteiger partial charge in [-0.05, 0) is 18.2 Å². The summed E-state index contributed by atoms with van der Waals surface area (Å²) in [4.78, 5) is 38.5. The molecule has 176 valence electrons. The molecule has 2 amide bonds. The van der Waals surface area contributed by atoms with Gasteiger partial charge in [0.25, 0.3) is 11.6 Å². The molecular weight excluding hydrogens is 445 g/mol. The Labute approximate surface area is 186 Å². The van der Waals surface area contributed by atoms with Gasteiger partial charge in [-0.15, -0.1) is 13.2 Å². The Morgan fingerprint density at radius 1 is 1.12 bits per heavy atom. The minimum absolute atomic E-state index is 0.0120. The topological polar surface area (TPSA) is 105 Å². The molecular formula is C21H21F3N4O5. The molecule has 33 heavy (non-hydrogen) atoms. The zero-order chi connectivity index (χ0) is 24.2. The first-order valence-electron chi connectivity index (χ1n) is 9.96. The van der Waals surface area contributed by atoms with Crippen molar-refractivity contribution in [3.63, 3.8) is 0 Å². The van der Waals surface area contributed by atoms with Crippen molar-refractivity contribution in [2.75, 3.05) is 31.1 Å². The number of hydrogen-bond acceptors (Lipinski definition) is 6. The molecule has 0 aliphatic carbocycles. The van der Waals surface area contributed by atoms with Crippen LogP contribution in [0.1, 0.15) is 22.8 Å². The van der Waals surface area contributed by atoms with E-state index in [1.54, 1.807) is 9.80 Å². The van der Waals surface area contributed by atoms with Crippen molar-refractivity contribution in [3.8, 4) is 5.75 Å². The molecule has 0 bridgehead atoms. The van der Waals surface area contributed by atoms with Gasteiger partial charge in [0.15, 0.2) is 0 Å². The van der Waals surface area contributed by atoms with Gasteiger partial charge in [-0.3, -0.25) is 19.7 Å². The maximum Gasteiger partial charge on any atom is 0.573 e. The SMILES string of the molecule is CC(=O)N1CCN(c2ccc(C(=O)NCc3ccccc3OC(F)(F)F)cc2[N+](=O)[O-])CC1. The van der Waals surface area contributed by atoms with Crippen LogP contribution in [-0.4, -0.2) is 54.2 Å². The van der Waals surface area contributed by atoms with Crippen LogP contribution in [0.5, 0.6) is 5.75 Å². The maximum absolute atomic E-state index is 12.6. The molecule has 0 radical (unpaired) electrons. The van der Waals surface area contributed by atoms with Crippen LogP contribution in [0.15, 0.2) is 42.5 Å². The number of carbonyl (C=O) groups excluding carboxylic acids is 2. The number of ether oxygens (including phenoxy) is 1. The van der Waals surface area contributed by atoms with E-state index in [1.165, 1.54) is 37.3 Å². The Balaban J connectivity index is 1.73. The molecule has 3 rings (SSSR count). The summed E-state index contributed by atoms with van der Waals surface area (Å²) in [6.07, 6.45) is -4.88. The Bertz CT molecular complexity index is 1050.